The number of rotatable bonds is 8. The standard InChI is InChI=1S/C24H22Cl3N3O5S2/c25-14-6-16(27)17(7-15(14)26)36-10-18(31)28-19-22(33)30-20(24(34)35)13(9-37-23(19)30)5-12-3-4-29(21(12)32)8-11-1-2-11/h5-7,11,19,23H,1-4,8-10H2,(H,28,31)(H,34,35)/b12-5+. The van der Waals surface area contributed by atoms with Gasteiger partial charge in [-0.05, 0) is 49.0 Å². The fourth-order valence-electron chi connectivity index (χ4n) is 4.52. The quantitative estimate of drug-likeness (QED) is 0.200. The van der Waals surface area contributed by atoms with Crippen molar-refractivity contribution in [2.24, 2.45) is 5.92 Å². The number of hydrogen-bond donors (Lipinski definition) is 2. The minimum atomic E-state index is -1.24. The Morgan fingerprint density at radius 2 is 1.89 bits per heavy atom. The zero-order chi connectivity index (χ0) is 26.4. The van der Waals surface area contributed by atoms with Gasteiger partial charge in [-0.15, -0.1) is 23.5 Å². The predicted octanol–water partition coefficient (Wildman–Crippen LogP) is 4.05. The van der Waals surface area contributed by atoms with Crippen molar-refractivity contribution >= 4 is 82.0 Å². The van der Waals surface area contributed by atoms with Gasteiger partial charge in [0.25, 0.3) is 5.91 Å². The molecule has 3 heterocycles. The first-order valence-corrected chi connectivity index (χ1v) is 14.8. The lowest BCUT2D eigenvalue weighted by Gasteiger charge is -2.49. The number of carbonyl (C=O) groups excluding carboxylic acids is 3. The van der Waals surface area contributed by atoms with Gasteiger partial charge in [0.15, 0.2) is 0 Å². The zero-order valence-electron chi connectivity index (χ0n) is 19.3. The Kier molecular flexibility index (Phi) is 7.75. The van der Waals surface area contributed by atoms with Crippen molar-refractivity contribution in [2.45, 2.75) is 35.6 Å². The molecule has 1 aromatic carbocycles. The van der Waals surface area contributed by atoms with Crippen molar-refractivity contribution in [1.29, 1.82) is 0 Å². The molecule has 1 aromatic rings. The number of amides is 3. The van der Waals surface area contributed by atoms with Gasteiger partial charge in [0.2, 0.25) is 11.8 Å². The average Bonchev–Trinajstić information content (AvgIpc) is 3.62. The van der Waals surface area contributed by atoms with E-state index >= 15 is 0 Å². The maximum absolute atomic E-state index is 12.9. The van der Waals surface area contributed by atoms with Crippen molar-refractivity contribution in [3.05, 3.63) is 50.1 Å². The summed E-state index contributed by atoms with van der Waals surface area (Å²) in [6.45, 7) is 1.38. The number of carbonyl (C=O) groups is 4. The molecule has 1 aliphatic carbocycles. The SMILES string of the molecule is O=C(CSc1cc(Cl)c(Cl)cc1Cl)NC1C(=O)N2C(C(=O)O)=C(/C=C3\CCN(CC4CC4)C3=O)CSC12. The number of carboxylic acids is 1. The second kappa shape index (κ2) is 10.7. The molecule has 0 aromatic heterocycles. The zero-order valence-corrected chi connectivity index (χ0v) is 23.2. The number of nitrogens with one attached hydrogen (secondary N) is 1. The lowest BCUT2D eigenvalue weighted by Crippen LogP contribution is -2.70. The van der Waals surface area contributed by atoms with Gasteiger partial charge in [-0.1, -0.05) is 34.8 Å². The third-order valence-corrected chi connectivity index (χ3v) is 10.1. The Hall–Kier alpha value is -1.85. The van der Waals surface area contributed by atoms with Crippen LogP contribution in [0.15, 0.2) is 39.9 Å². The molecule has 8 nitrogen and oxygen atoms in total. The molecular formula is C24H22Cl3N3O5S2. The molecule has 0 bridgehead atoms. The van der Waals surface area contributed by atoms with E-state index in [-0.39, 0.29) is 17.4 Å². The van der Waals surface area contributed by atoms with E-state index in [0.29, 0.717) is 55.7 Å². The number of carboxylic acid groups (broad SMARTS) is 1. The van der Waals surface area contributed by atoms with Gasteiger partial charge >= 0.3 is 5.97 Å². The number of likely N-dealkylation sites (tertiary alicyclic amines) is 1. The minimum Gasteiger partial charge on any atom is -0.477 e. The molecule has 0 spiro atoms. The highest BCUT2D eigenvalue weighted by atomic mass is 35.5. The third-order valence-electron chi connectivity index (χ3n) is 6.59. The number of β-lactam (4-membered cyclic amide) rings is 1. The number of nitrogens with zero attached hydrogens (tertiary/aromatic N) is 2. The van der Waals surface area contributed by atoms with Crippen molar-refractivity contribution < 1.29 is 24.3 Å². The van der Waals surface area contributed by atoms with Crippen LogP contribution in [0.25, 0.3) is 0 Å². The van der Waals surface area contributed by atoms with Crippen LogP contribution in [0.1, 0.15) is 19.3 Å². The Balaban J connectivity index is 1.24. The van der Waals surface area contributed by atoms with Crippen molar-refractivity contribution in [3.8, 4) is 0 Å². The summed E-state index contributed by atoms with van der Waals surface area (Å²) in [6, 6.07) is 2.22. The molecule has 1 saturated carbocycles. The minimum absolute atomic E-state index is 0.0166. The van der Waals surface area contributed by atoms with Crippen LogP contribution in [0, 0.1) is 5.92 Å². The molecule has 3 fully saturated rings. The summed E-state index contributed by atoms with van der Waals surface area (Å²) in [4.78, 5) is 54.0. The molecule has 4 aliphatic rings. The smallest absolute Gasteiger partial charge is 0.352 e. The molecule has 3 aliphatic heterocycles. The van der Waals surface area contributed by atoms with Crippen LogP contribution < -0.4 is 5.32 Å². The van der Waals surface area contributed by atoms with E-state index in [0.717, 1.165) is 31.1 Å². The highest BCUT2D eigenvalue weighted by Gasteiger charge is 2.54. The van der Waals surface area contributed by atoms with E-state index in [1.807, 2.05) is 4.90 Å². The molecule has 13 heteroatoms. The monoisotopic (exact) mass is 601 g/mol. The Labute approximate surface area is 236 Å². The van der Waals surface area contributed by atoms with Crippen molar-refractivity contribution in [1.82, 2.24) is 15.1 Å². The van der Waals surface area contributed by atoms with E-state index in [9.17, 15) is 24.3 Å². The predicted molar refractivity (Wildman–Crippen MR) is 144 cm³/mol. The van der Waals surface area contributed by atoms with Gasteiger partial charge in [0.05, 0.1) is 20.8 Å². The van der Waals surface area contributed by atoms with Gasteiger partial charge < -0.3 is 15.3 Å². The largest absolute Gasteiger partial charge is 0.477 e. The summed E-state index contributed by atoms with van der Waals surface area (Å²) >= 11 is 20.6. The molecular weight excluding hydrogens is 581 g/mol. The molecule has 2 N–H and O–H groups in total. The normalized spacial score (nSPS) is 24.5. The molecule has 2 unspecified atom stereocenters. The summed E-state index contributed by atoms with van der Waals surface area (Å²) in [6.07, 6.45) is 4.49. The number of thioether (sulfide) groups is 2. The third kappa shape index (κ3) is 5.49. The van der Waals surface area contributed by atoms with E-state index in [1.54, 1.807) is 12.1 Å². The maximum Gasteiger partial charge on any atom is 0.352 e. The number of benzene rings is 1. The number of hydrogen-bond acceptors (Lipinski definition) is 6. The first-order valence-electron chi connectivity index (χ1n) is 11.6. The fraction of sp³-hybridized carbons (Fsp3) is 0.417. The molecule has 37 heavy (non-hydrogen) atoms. The molecule has 0 radical (unpaired) electrons. The number of aliphatic carboxylic acids is 1. The van der Waals surface area contributed by atoms with Crippen LogP contribution in [-0.2, 0) is 19.2 Å². The topological polar surface area (TPSA) is 107 Å². The van der Waals surface area contributed by atoms with Crippen LogP contribution in [0.2, 0.25) is 15.1 Å². The van der Waals surface area contributed by atoms with Crippen LogP contribution in [0.3, 0.4) is 0 Å². The van der Waals surface area contributed by atoms with Crippen molar-refractivity contribution in [2.75, 3.05) is 24.6 Å². The van der Waals surface area contributed by atoms with E-state index < -0.39 is 29.2 Å². The Bertz CT molecular complexity index is 1270. The second-order valence-electron chi connectivity index (χ2n) is 9.23. The van der Waals surface area contributed by atoms with E-state index in [1.165, 1.54) is 22.7 Å². The van der Waals surface area contributed by atoms with Gasteiger partial charge in [0.1, 0.15) is 17.1 Å². The summed E-state index contributed by atoms with van der Waals surface area (Å²) in [5.41, 5.74) is 0.884. The first kappa shape index (κ1) is 26.7. The van der Waals surface area contributed by atoms with Crippen LogP contribution in [0.5, 0.6) is 0 Å². The second-order valence-corrected chi connectivity index (χ2v) is 12.6. The Morgan fingerprint density at radius 1 is 1.16 bits per heavy atom. The molecule has 2 atom stereocenters. The highest BCUT2D eigenvalue weighted by molar-refractivity contribution is 8.00. The molecule has 5 rings (SSSR count). The highest BCUT2D eigenvalue weighted by Crippen LogP contribution is 2.42. The first-order chi connectivity index (χ1) is 17.6. The Morgan fingerprint density at radius 3 is 2.59 bits per heavy atom. The van der Waals surface area contributed by atoms with Gasteiger partial charge in [-0.25, -0.2) is 4.79 Å². The lowest BCUT2D eigenvalue weighted by atomic mass is 10.0. The van der Waals surface area contributed by atoms with Gasteiger partial charge in [-0.3, -0.25) is 19.3 Å². The van der Waals surface area contributed by atoms with Crippen molar-refractivity contribution in [3.63, 3.8) is 0 Å². The van der Waals surface area contributed by atoms with Gasteiger partial charge in [-0.2, -0.15) is 0 Å². The van der Waals surface area contributed by atoms with Crippen LogP contribution in [-0.4, -0.2) is 74.6 Å². The fourth-order valence-corrected chi connectivity index (χ4v) is 7.37. The summed E-state index contributed by atoms with van der Waals surface area (Å²) in [5.74, 6) is -1.31. The number of allylic oxidation sites excluding steroid dienone is 1. The van der Waals surface area contributed by atoms with E-state index in [2.05, 4.69) is 5.32 Å². The molecule has 196 valence electrons. The lowest BCUT2D eigenvalue weighted by molar-refractivity contribution is -0.150. The van der Waals surface area contributed by atoms with Gasteiger partial charge in [0, 0.05) is 29.3 Å². The van der Waals surface area contributed by atoms with E-state index in [4.69, 9.17) is 34.8 Å². The van der Waals surface area contributed by atoms with Crippen LogP contribution in [0.4, 0.5) is 0 Å². The average molecular weight is 603 g/mol. The van der Waals surface area contributed by atoms with Crippen LogP contribution >= 0.6 is 58.3 Å². The summed E-state index contributed by atoms with van der Waals surface area (Å²) in [5, 5.41) is 13.0. The molecule has 2 saturated heterocycles. The number of fused-ring (bicyclic) bond motifs is 1. The molecule has 3 amide bonds. The maximum atomic E-state index is 12.9. The summed E-state index contributed by atoms with van der Waals surface area (Å²) < 4.78 is 0. The number of halogens is 3. The summed E-state index contributed by atoms with van der Waals surface area (Å²) in [7, 11) is 0.